The molecule has 3 aromatic rings. The van der Waals surface area contributed by atoms with E-state index >= 15 is 0 Å². The van der Waals surface area contributed by atoms with Crippen molar-refractivity contribution in [1.29, 1.82) is 0 Å². The normalized spacial score (nSPS) is 11.5. The van der Waals surface area contributed by atoms with E-state index < -0.39 is 6.61 Å². The van der Waals surface area contributed by atoms with E-state index in [1.807, 2.05) is 40.8 Å². The zero-order valence-electron chi connectivity index (χ0n) is 18.0. The van der Waals surface area contributed by atoms with Gasteiger partial charge in [0.2, 0.25) is 0 Å². The summed E-state index contributed by atoms with van der Waals surface area (Å²) >= 11 is 5.70. The molecule has 1 aromatic heterocycles. The van der Waals surface area contributed by atoms with Gasteiger partial charge < -0.3 is 9.47 Å². The number of benzene rings is 2. The Kier molecular flexibility index (Phi) is 7.40. The lowest BCUT2D eigenvalue weighted by Crippen LogP contribution is -2.22. The number of ether oxygens (including phenoxy) is 2. The van der Waals surface area contributed by atoms with Crippen molar-refractivity contribution in [2.45, 2.75) is 39.7 Å². The summed E-state index contributed by atoms with van der Waals surface area (Å²) in [4.78, 5) is 2.05. The van der Waals surface area contributed by atoms with Gasteiger partial charge in [-0.05, 0) is 75.1 Å². The number of nitrogens with zero attached hydrogens (tertiary/aromatic N) is 4. The molecule has 0 aliphatic carbocycles. The molecule has 1 heterocycles. The van der Waals surface area contributed by atoms with E-state index in [2.05, 4.69) is 18.6 Å². The smallest absolute Gasteiger partial charge is 0.387 e. The summed E-state index contributed by atoms with van der Waals surface area (Å²) in [6, 6.07) is 14.5. The Labute approximate surface area is 185 Å². The Balaban J connectivity index is 1.78. The van der Waals surface area contributed by atoms with Crippen LogP contribution in [0, 0.1) is 4.77 Å². The molecule has 3 rings (SSSR count). The zero-order valence-corrected chi connectivity index (χ0v) is 18.8. The Morgan fingerprint density at radius 1 is 1.03 bits per heavy atom. The van der Waals surface area contributed by atoms with Crippen molar-refractivity contribution in [2.75, 3.05) is 14.2 Å². The van der Waals surface area contributed by atoms with E-state index in [1.165, 1.54) is 12.1 Å². The highest BCUT2D eigenvalue weighted by Gasteiger charge is 2.16. The molecule has 0 saturated heterocycles. The standard InChI is InChI=1S/C22H26F2N4O2S/c1-15(2)28-20(17-7-11-18(29-4)12-8-17)25-27(22(28)31)14-26(3)13-16-5-9-19(10-6-16)30-21(23)24/h5-12,15,21H,13-14H2,1-4H3. The minimum atomic E-state index is -2.83. The fourth-order valence-corrected chi connectivity index (χ4v) is 3.68. The van der Waals surface area contributed by atoms with Gasteiger partial charge in [-0.1, -0.05) is 12.1 Å². The molecule has 0 aliphatic rings. The van der Waals surface area contributed by atoms with Gasteiger partial charge in [0.1, 0.15) is 11.5 Å². The molecule has 9 heteroatoms. The third kappa shape index (κ3) is 5.68. The maximum absolute atomic E-state index is 12.3. The molecule has 0 radical (unpaired) electrons. The second-order valence-corrected chi connectivity index (χ2v) is 7.84. The highest BCUT2D eigenvalue weighted by Crippen LogP contribution is 2.25. The van der Waals surface area contributed by atoms with Crippen LogP contribution in [0.1, 0.15) is 25.5 Å². The summed E-state index contributed by atoms with van der Waals surface area (Å²) in [5.41, 5.74) is 1.92. The van der Waals surface area contributed by atoms with Crippen LogP contribution in [-0.4, -0.2) is 40.0 Å². The van der Waals surface area contributed by atoms with Gasteiger partial charge in [-0.3, -0.25) is 9.47 Å². The predicted molar refractivity (Wildman–Crippen MR) is 118 cm³/mol. The number of aromatic nitrogens is 3. The Bertz CT molecular complexity index is 1050. The van der Waals surface area contributed by atoms with Crippen molar-refractivity contribution >= 4 is 12.2 Å². The Morgan fingerprint density at radius 2 is 1.65 bits per heavy atom. The van der Waals surface area contributed by atoms with E-state index in [0.29, 0.717) is 18.0 Å². The first-order chi connectivity index (χ1) is 14.8. The van der Waals surface area contributed by atoms with E-state index in [9.17, 15) is 8.78 Å². The number of hydrogen-bond donors (Lipinski definition) is 0. The number of alkyl halides is 2. The van der Waals surface area contributed by atoms with Gasteiger partial charge in [-0.25, -0.2) is 4.68 Å². The van der Waals surface area contributed by atoms with E-state index in [0.717, 1.165) is 22.7 Å². The van der Waals surface area contributed by atoms with Gasteiger partial charge >= 0.3 is 6.61 Å². The molecule has 0 saturated carbocycles. The average molecular weight is 449 g/mol. The molecular formula is C22H26F2N4O2S. The number of halogens is 2. The third-order valence-corrected chi connectivity index (χ3v) is 5.12. The molecule has 31 heavy (non-hydrogen) atoms. The van der Waals surface area contributed by atoms with Crippen LogP contribution < -0.4 is 9.47 Å². The molecule has 0 fully saturated rings. The first-order valence-corrected chi connectivity index (χ1v) is 10.3. The van der Waals surface area contributed by atoms with Gasteiger partial charge in [0.25, 0.3) is 0 Å². The molecule has 0 spiro atoms. The van der Waals surface area contributed by atoms with E-state index in [4.69, 9.17) is 22.1 Å². The van der Waals surface area contributed by atoms with Gasteiger partial charge in [0, 0.05) is 18.2 Å². The van der Waals surface area contributed by atoms with E-state index in [1.54, 1.807) is 23.9 Å². The summed E-state index contributed by atoms with van der Waals surface area (Å²) in [6.45, 7) is 2.40. The molecule has 0 amide bonds. The molecular weight excluding hydrogens is 422 g/mol. The average Bonchev–Trinajstić information content (AvgIpc) is 3.05. The third-order valence-electron chi connectivity index (χ3n) is 4.71. The molecule has 166 valence electrons. The summed E-state index contributed by atoms with van der Waals surface area (Å²) in [5.74, 6) is 1.72. The highest BCUT2D eigenvalue weighted by atomic mass is 32.1. The summed E-state index contributed by atoms with van der Waals surface area (Å²) in [7, 11) is 3.58. The number of hydrogen-bond acceptors (Lipinski definition) is 5. The van der Waals surface area contributed by atoms with Crippen LogP contribution in [0.3, 0.4) is 0 Å². The lowest BCUT2D eigenvalue weighted by atomic mass is 10.2. The predicted octanol–water partition coefficient (Wildman–Crippen LogP) is 5.36. The van der Waals surface area contributed by atoms with E-state index in [-0.39, 0.29) is 11.8 Å². The van der Waals surface area contributed by atoms with Crippen molar-refractivity contribution in [2.24, 2.45) is 0 Å². The van der Waals surface area contributed by atoms with Crippen molar-refractivity contribution in [1.82, 2.24) is 19.2 Å². The highest BCUT2D eigenvalue weighted by molar-refractivity contribution is 7.71. The zero-order chi connectivity index (χ0) is 22.5. The first-order valence-electron chi connectivity index (χ1n) is 9.84. The van der Waals surface area contributed by atoms with Crippen molar-refractivity contribution in [3.8, 4) is 22.9 Å². The fourth-order valence-electron chi connectivity index (χ4n) is 3.28. The van der Waals surface area contributed by atoms with Crippen LogP contribution in [0.5, 0.6) is 11.5 Å². The van der Waals surface area contributed by atoms with Crippen LogP contribution in [-0.2, 0) is 13.2 Å². The molecule has 0 atom stereocenters. The lowest BCUT2D eigenvalue weighted by Gasteiger charge is -2.17. The second-order valence-electron chi connectivity index (χ2n) is 7.48. The lowest BCUT2D eigenvalue weighted by molar-refractivity contribution is -0.0498. The molecule has 0 unspecified atom stereocenters. The van der Waals surface area contributed by atoms with Gasteiger partial charge in [0.15, 0.2) is 10.6 Å². The summed E-state index contributed by atoms with van der Waals surface area (Å²) < 4.78 is 38.7. The minimum Gasteiger partial charge on any atom is -0.497 e. The van der Waals surface area contributed by atoms with Crippen LogP contribution in [0.25, 0.3) is 11.4 Å². The quantitative estimate of drug-likeness (QED) is 0.412. The Morgan fingerprint density at radius 3 is 2.19 bits per heavy atom. The summed E-state index contributed by atoms with van der Waals surface area (Å²) in [5, 5.41) is 4.77. The Hall–Kier alpha value is -2.78. The maximum Gasteiger partial charge on any atom is 0.387 e. The second kappa shape index (κ2) is 10.0. The largest absolute Gasteiger partial charge is 0.497 e. The first kappa shape index (κ1) is 22.9. The SMILES string of the molecule is COc1ccc(-c2nn(CN(C)Cc3ccc(OC(F)F)cc3)c(=S)n2C(C)C)cc1. The molecule has 2 aromatic carbocycles. The molecule has 0 N–H and O–H groups in total. The minimum absolute atomic E-state index is 0.142. The van der Waals surface area contributed by atoms with Gasteiger partial charge in [-0.2, -0.15) is 13.9 Å². The molecule has 6 nitrogen and oxygen atoms in total. The molecule has 0 aliphatic heterocycles. The monoisotopic (exact) mass is 448 g/mol. The van der Waals surface area contributed by atoms with Crippen LogP contribution in [0.4, 0.5) is 8.78 Å². The van der Waals surface area contributed by atoms with Gasteiger partial charge in [-0.15, -0.1) is 0 Å². The van der Waals surface area contributed by atoms with Crippen molar-refractivity contribution in [3.63, 3.8) is 0 Å². The van der Waals surface area contributed by atoms with Crippen LogP contribution >= 0.6 is 12.2 Å². The maximum atomic E-state index is 12.3. The van der Waals surface area contributed by atoms with Crippen LogP contribution in [0.15, 0.2) is 48.5 Å². The topological polar surface area (TPSA) is 44.4 Å². The van der Waals surface area contributed by atoms with Crippen LogP contribution in [0.2, 0.25) is 0 Å². The summed E-state index contributed by atoms with van der Waals surface area (Å²) in [6.07, 6.45) is 0. The van der Waals surface area contributed by atoms with Crippen molar-refractivity contribution < 1.29 is 18.3 Å². The van der Waals surface area contributed by atoms with Crippen molar-refractivity contribution in [3.05, 3.63) is 58.9 Å². The fraction of sp³-hybridized carbons (Fsp3) is 0.364. The number of methoxy groups -OCH3 is 1. The number of rotatable bonds is 9. The van der Waals surface area contributed by atoms with Gasteiger partial charge in [0.05, 0.1) is 13.8 Å². The molecule has 0 bridgehead atoms.